The van der Waals surface area contributed by atoms with Crippen LogP contribution in [0, 0.1) is 5.82 Å². The number of ketones is 1. The second-order valence-corrected chi connectivity index (χ2v) is 8.14. The van der Waals surface area contributed by atoms with Crippen LogP contribution in [0.3, 0.4) is 0 Å². The van der Waals surface area contributed by atoms with E-state index in [4.69, 9.17) is 23.2 Å². The second kappa shape index (κ2) is 7.72. The summed E-state index contributed by atoms with van der Waals surface area (Å²) in [6.45, 7) is 1.31. The van der Waals surface area contributed by atoms with E-state index in [1.165, 1.54) is 19.1 Å². The largest absolute Gasteiger partial charge is 0.348 e. The van der Waals surface area contributed by atoms with Crippen molar-refractivity contribution in [3.05, 3.63) is 72.0 Å². The van der Waals surface area contributed by atoms with Gasteiger partial charge >= 0.3 is 0 Å². The number of halogens is 4. The smallest absolute Gasteiger partial charge is 0.202 e. The highest BCUT2D eigenvalue weighted by Crippen LogP contribution is 2.33. The number of carbonyl (C=O) groups excluding carboxylic acids is 1. The summed E-state index contributed by atoms with van der Waals surface area (Å²) in [5.74, 6) is -0.682. The Morgan fingerprint density at radius 3 is 2.62 bits per heavy atom. The number of aromatic nitrogens is 1. The summed E-state index contributed by atoms with van der Waals surface area (Å²) in [4.78, 5) is 28.0. The van der Waals surface area contributed by atoms with Crippen LogP contribution in [0.25, 0.3) is 10.9 Å². The number of nitrogens with one attached hydrogen (secondary N) is 1. The van der Waals surface area contributed by atoms with Gasteiger partial charge in [-0.2, -0.15) is 0 Å². The summed E-state index contributed by atoms with van der Waals surface area (Å²) in [6.07, 6.45) is 0. The summed E-state index contributed by atoms with van der Waals surface area (Å²) in [5.41, 5.74) is 0.323. The van der Waals surface area contributed by atoms with Gasteiger partial charge in [0.1, 0.15) is 5.82 Å². The molecular formula is C18H11BrCl2FNO2S. The molecule has 0 fully saturated rings. The minimum atomic E-state index is -0.459. The van der Waals surface area contributed by atoms with Gasteiger partial charge in [0, 0.05) is 20.8 Å². The third kappa shape index (κ3) is 3.56. The fraction of sp³-hybridized carbons (Fsp3) is 0.111. The van der Waals surface area contributed by atoms with Crippen molar-refractivity contribution in [1.29, 1.82) is 0 Å². The molecule has 26 heavy (non-hydrogen) atoms. The van der Waals surface area contributed by atoms with Gasteiger partial charge in [0.2, 0.25) is 5.43 Å². The molecule has 1 aromatic heterocycles. The van der Waals surface area contributed by atoms with Gasteiger partial charge in [0.25, 0.3) is 0 Å². The fourth-order valence-corrected chi connectivity index (χ4v) is 4.66. The van der Waals surface area contributed by atoms with Gasteiger partial charge in [0.05, 0.1) is 26.5 Å². The first-order valence-electron chi connectivity index (χ1n) is 7.42. The van der Waals surface area contributed by atoms with E-state index in [-0.39, 0.29) is 26.7 Å². The lowest BCUT2D eigenvalue weighted by atomic mass is 10.1. The van der Waals surface area contributed by atoms with Crippen LogP contribution in [-0.4, -0.2) is 10.8 Å². The maximum Gasteiger partial charge on any atom is 0.202 e. The van der Waals surface area contributed by atoms with Crippen molar-refractivity contribution in [2.75, 3.05) is 0 Å². The van der Waals surface area contributed by atoms with E-state index in [1.54, 1.807) is 18.2 Å². The van der Waals surface area contributed by atoms with Crippen LogP contribution in [0.4, 0.5) is 4.39 Å². The standard InChI is InChI=1S/C18H11BrCl2FNO2S/c1-8(24)14-17(25)15-12(21)6-5-10(19)16(15)23-18(14)26-7-9-11(20)3-2-4-13(9)22/h2-6H,7H2,1H3,(H,23,25). The van der Waals surface area contributed by atoms with Crippen molar-refractivity contribution in [2.45, 2.75) is 17.7 Å². The molecule has 0 radical (unpaired) electrons. The Bertz CT molecular complexity index is 1080. The quantitative estimate of drug-likeness (QED) is 0.360. The van der Waals surface area contributed by atoms with E-state index in [0.717, 1.165) is 11.8 Å². The zero-order chi connectivity index (χ0) is 19.0. The highest BCUT2D eigenvalue weighted by molar-refractivity contribution is 9.10. The van der Waals surface area contributed by atoms with Crippen LogP contribution in [0.1, 0.15) is 22.8 Å². The lowest BCUT2D eigenvalue weighted by Gasteiger charge is -2.12. The monoisotopic (exact) mass is 473 g/mol. The third-order valence-corrected chi connectivity index (χ3v) is 6.16. The van der Waals surface area contributed by atoms with Crippen LogP contribution in [0.5, 0.6) is 0 Å². The van der Waals surface area contributed by atoms with Crippen molar-refractivity contribution < 1.29 is 9.18 Å². The van der Waals surface area contributed by atoms with Crippen molar-refractivity contribution in [3.8, 4) is 0 Å². The summed E-state index contributed by atoms with van der Waals surface area (Å²) in [7, 11) is 0. The lowest BCUT2D eigenvalue weighted by molar-refractivity contribution is 0.101. The molecule has 0 spiro atoms. The van der Waals surface area contributed by atoms with Crippen molar-refractivity contribution in [2.24, 2.45) is 0 Å². The third-order valence-electron chi connectivity index (χ3n) is 3.80. The molecule has 0 atom stereocenters. The number of hydrogen-bond acceptors (Lipinski definition) is 3. The molecule has 3 rings (SSSR count). The first-order chi connectivity index (χ1) is 12.3. The Kier molecular flexibility index (Phi) is 5.77. The number of aromatic amines is 1. The first kappa shape index (κ1) is 19.4. The Balaban J connectivity index is 2.16. The van der Waals surface area contributed by atoms with Gasteiger partial charge in [-0.3, -0.25) is 9.59 Å². The summed E-state index contributed by atoms with van der Waals surface area (Å²) in [6, 6.07) is 7.71. The number of fused-ring (bicyclic) bond motifs is 1. The number of pyridine rings is 1. The first-order valence-corrected chi connectivity index (χ1v) is 9.95. The molecule has 0 saturated heterocycles. The van der Waals surface area contributed by atoms with E-state index in [1.807, 2.05) is 0 Å². The van der Waals surface area contributed by atoms with Gasteiger partial charge in [-0.25, -0.2) is 4.39 Å². The number of Topliss-reactive ketones (excluding diaryl/α,β-unsaturated/α-hetero) is 1. The van der Waals surface area contributed by atoms with Crippen molar-refractivity contribution >= 4 is 67.6 Å². The number of carbonyl (C=O) groups is 1. The number of rotatable bonds is 4. The summed E-state index contributed by atoms with van der Waals surface area (Å²) >= 11 is 16.7. The van der Waals surface area contributed by atoms with Crippen LogP contribution in [0.15, 0.2) is 44.6 Å². The Morgan fingerprint density at radius 1 is 1.23 bits per heavy atom. The second-order valence-electron chi connectivity index (χ2n) is 5.48. The molecule has 3 aromatic rings. The topological polar surface area (TPSA) is 49.9 Å². The molecule has 8 heteroatoms. The molecule has 3 nitrogen and oxygen atoms in total. The van der Waals surface area contributed by atoms with Crippen LogP contribution in [0.2, 0.25) is 10.0 Å². The molecule has 2 aromatic carbocycles. The highest BCUT2D eigenvalue weighted by atomic mass is 79.9. The SMILES string of the molecule is CC(=O)c1c(SCc2c(F)cccc2Cl)[nH]c2c(Br)ccc(Cl)c2c1=O. The van der Waals surface area contributed by atoms with E-state index >= 15 is 0 Å². The molecule has 1 N–H and O–H groups in total. The van der Waals surface area contributed by atoms with Gasteiger partial charge in [-0.1, -0.05) is 29.3 Å². The zero-order valence-electron chi connectivity index (χ0n) is 13.3. The predicted octanol–water partition coefficient (Wildman–Crippen LogP) is 6.23. The molecule has 0 aliphatic heterocycles. The minimum absolute atomic E-state index is 0.00467. The molecule has 0 aliphatic rings. The Hall–Kier alpha value is -1.34. The maximum absolute atomic E-state index is 14.0. The highest BCUT2D eigenvalue weighted by Gasteiger charge is 2.20. The van der Waals surface area contributed by atoms with Crippen molar-refractivity contribution in [1.82, 2.24) is 4.98 Å². The zero-order valence-corrected chi connectivity index (χ0v) is 17.2. The lowest BCUT2D eigenvalue weighted by Crippen LogP contribution is -2.17. The molecule has 134 valence electrons. The van der Waals surface area contributed by atoms with Gasteiger partial charge in [0.15, 0.2) is 5.78 Å². The fourth-order valence-electron chi connectivity index (χ4n) is 2.54. The average molecular weight is 475 g/mol. The molecule has 0 unspecified atom stereocenters. The van der Waals surface area contributed by atoms with Crippen LogP contribution < -0.4 is 5.43 Å². The van der Waals surface area contributed by atoms with Gasteiger partial charge in [-0.15, -0.1) is 11.8 Å². The molecule has 0 amide bonds. The van der Waals surface area contributed by atoms with Crippen LogP contribution in [-0.2, 0) is 5.75 Å². The van der Waals surface area contributed by atoms with E-state index in [9.17, 15) is 14.0 Å². The van der Waals surface area contributed by atoms with E-state index in [2.05, 4.69) is 20.9 Å². The Labute approximate surface area is 171 Å². The van der Waals surface area contributed by atoms with Crippen molar-refractivity contribution in [3.63, 3.8) is 0 Å². The number of H-pyrrole nitrogens is 1. The molecular weight excluding hydrogens is 464 g/mol. The van der Waals surface area contributed by atoms with Crippen LogP contribution >= 0.6 is 50.9 Å². The molecule has 0 saturated carbocycles. The minimum Gasteiger partial charge on any atom is -0.348 e. The van der Waals surface area contributed by atoms with E-state index < -0.39 is 17.0 Å². The summed E-state index contributed by atoms with van der Waals surface area (Å²) in [5, 5.41) is 1.12. The maximum atomic E-state index is 14.0. The Morgan fingerprint density at radius 2 is 1.96 bits per heavy atom. The number of thioether (sulfide) groups is 1. The van der Waals surface area contributed by atoms with Gasteiger partial charge in [-0.05, 0) is 47.1 Å². The molecule has 0 aliphatic carbocycles. The van der Waals surface area contributed by atoms with Gasteiger partial charge < -0.3 is 4.98 Å². The average Bonchev–Trinajstić information content (AvgIpc) is 2.57. The predicted molar refractivity (Wildman–Crippen MR) is 108 cm³/mol. The molecule has 1 heterocycles. The molecule has 0 bridgehead atoms. The number of hydrogen-bond donors (Lipinski definition) is 1. The normalized spacial score (nSPS) is 11.1. The summed E-state index contributed by atoms with van der Waals surface area (Å²) < 4.78 is 14.6. The van der Waals surface area contributed by atoms with E-state index in [0.29, 0.717) is 20.6 Å². The number of benzene rings is 2.